The SMILES string of the molecule is CCOC(=O)/C(C#N)=C/c1ccc2cccccc1-2. The van der Waals surface area contributed by atoms with Crippen LogP contribution in [0.15, 0.2) is 48.0 Å². The van der Waals surface area contributed by atoms with Crippen molar-refractivity contribution in [1.29, 1.82) is 5.26 Å². The van der Waals surface area contributed by atoms with Crippen LogP contribution >= 0.6 is 0 Å². The van der Waals surface area contributed by atoms with Gasteiger partial charge >= 0.3 is 5.97 Å². The third-order valence-electron chi connectivity index (χ3n) is 2.74. The van der Waals surface area contributed by atoms with Crippen molar-refractivity contribution in [3.05, 3.63) is 53.6 Å². The highest BCUT2D eigenvalue weighted by molar-refractivity contribution is 5.99. The first-order chi connectivity index (χ1) is 9.26. The summed E-state index contributed by atoms with van der Waals surface area (Å²) in [6, 6.07) is 15.5. The molecule has 94 valence electrons. The molecule has 0 bridgehead atoms. The minimum Gasteiger partial charge on any atom is -0.462 e. The molecule has 0 aliphatic heterocycles. The number of ether oxygens (including phenoxy) is 1. The van der Waals surface area contributed by atoms with E-state index in [4.69, 9.17) is 10.00 Å². The van der Waals surface area contributed by atoms with Crippen molar-refractivity contribution in [1.82, 2.24) is 0 Å². The van der Waals surface area contributed by atoms with E-state index in [1.165, 1.54) is 0 Å². The minimum atomic E-state index is -0.584. The lowest BCUT2D eigenvalue weighted by Gasteiger charge is -2.00. The quantitative estimate of drug-likeness (QED) is 0.478. The van der Waals surface area contributed by atoms with E-state index in [1.807, 2.05) is 48.5 Å². The molecule has 2 rings (SSSR count). The lowest BCUT2D eigenvalue weighted by Crippen LogP contribution is -2.05. The van der Waals surface area contributed by atoms with Gasteiger partial charge in [0, 0.05) is 0 Å². The van der Waals surface area contributed by atoms with Gasteiger partial charge in [0.15, 0.2) is 0 Å². The molecule has 0 radical (unpaired) electrons. The van der Waals surface area contributed by atoms with Crippen molar-refractivity contribution in [3.8, 4) is 17.2 Å². The number of esters is 1. The first kappa shape index (κ1) is 12.8. The van der Waals surface area contributed by atoms with Gasteiger partial charge in [-0.05, 0) is 29.7 Å². The molecule has 0 N–H and O–H groups in total. The summed E-state index contributed by atoms with van der Waals surface area (Å²) >= 11 is 0. The third kappa shape index (κ3) is 2.80. The number of carbonyl (C=O) groups excluding carboxylic acids is 1. The molecule has 3 heteroatoms. The van der Waals surface area contributed by atoms with E-state index >= 15 is 0 Å². The Morgan fingerprint density at radius 3 is 2.79 bits per heavy atom. The van der Waals surface area contributed by atoms with E-state index in [-0.39, 0.29) is 12.2 Å². The van der Waals surface area contributed by atoms with Gasteiger partial charge in [0.1, 0.15) is 11.6 Å². The van der Waals surface area contributed by atoms with E-state index in [2.05, 4.69) is 0 Å². The van der Waals surface area contributed by atoms with Gasteiger partial charge in [-0.15, -0.1) is 0 Å². The van der Waals surface area contributed by atoms with E-state index in [1.54, 1.807) is 13.0 Å². The maximum atomic E-state index is 11.6. The van der Waals surface area contributed by atoms with Crippen molar-refractivity contribution in [2.24, 2.45) is 0 Å². The number of nitriles is 1. The number of carbonyl (C=O) groups is 1. The maximum Gasteiger partial charge on any atom is 0.348 e. The van der Waals surface area contributed by atoms with Gasteiger partial charge in [0.2, 0.25) is 0 Å². The topological polar surface area (TPSA) is 50.1 Å². The van der Waals surface area contributed by atoms with Crippen LogP contribution in [-0.2, 0) is 9.53 Å². The number of rotatable bonds is 3. The zero-order chi connectivity index (χ0) is 13.7. The van der Waals surface area contributed by atoms with Crippen molar-refractivity contribution >= 4 is 12.0 Å². The average Bonchev–Trinajstić information content (AvgIpc) is 2.63. The predicted octanol–water partition coefficient (Wildman–Crippen LogP) is 3.26. The molecule has 0 saturated heterocycles. The second-order valence-electron chi connectivity index (χ2n) is 3.96. The van der Waals surface area contributed by atoms with Gasteiger partial charge in [0.05, 0.1) is 6.61 Å². The Kier molecular flexibility index (Phi) is 3.94. The summed E-state index contributed by atoms with van der Waals surface area (Å²) in [5.41, 5.74) is 2.93. The van der Waals surface area contributed by atoms with Crippen LogP contribution in [0.2, 0.25) is 0 Å². The van der Waals surface area contributed by atoms with Crippen LogP contribution in [0.4, 0.5) is 0 Å². The van der Waals surface area contributed by atoms with Gasteiger partial charge in [0.25, 0.3) is 0 Å². The Balaban J connectivity index is 2.42. The summed E-state index contributed by atoms with van der Waals surface area (Å²) in [5, 5.41) is 9.02. The highest BCUT2D eigenvalue weighted by Crippen LogP contribution is 2.28. The Morgan fingerprint density at radius 2 is 2.05 bits per heavy atom. The number of hydrogen-bond donors (Lipinski definition) is 0. The lowest BCUT2D eigenvalue weighted by atomic mass is 10.1. The van der Waals surface area contributed by atoms with Crippen LogP contribution in [0.5, 0.6) is 0 Å². The molecule has 0 fully saturated rings. The molecule has 0 aromatic carbocycles. The van der Waals surface area contributed by atoms with Crippen LogP contribution in [0, 0.1) is 11.3 Å². The zero-order valence-corrected chi connectivity index (χ0v) is 10.6. The Labute approximate surface area is 112 Å². The molecule has 0 aromatic heterocycles. The standard InChI is InChI=1S/C16H13NO2/c1-2-19-16(18)14(11-17)10-13-9-8-12-6-4-3-5-7-15(12)13/h3-10H,2H2,1H3/b14-10+. The van der Waals surface area contributed by atoms with Crippen LogP contribution in [-0.4, -0.2) is 12.6 Å². The largest absolute Gasteiger partial charge is 0.462 e. The molecule has 0 amide bonds. The molecule has 0 aromatic rings. The van der Waals surface area contributed by atoms with E-state index < -0.39 is 5.97 Å². The third-order valence-corrected chi connectivity index (χ3v) is 2.74. The summed E-state index contributed by atoms with van der Waals surface area (Å²) in [7, 11) is 0. The van der Waals surface area contributed by atoms with Crippen LogP contribution < -0.4 is 0 Å². The van der Waals surface area contributed by atoms with Crippen molar-refractivity contribution in [2.75, 3.05) is 6.61 Å². The van der Waals surface area contributed by atoms with Gasteiger partial charge < -0.3 is 4.74 Å². The van der Waals surface area contributed by atoms with E-state index in [0.717, 1.165) is 16.7 Å². The fourth-order valence-corrected chi connectivity index (χ4v) is 1.87. The number of fused-ring (bicyclic) bond motifs is 1. The highest BCUT2D eigenvalue weighted by atomic mass is 16.5. The van der Waals surface area contributed by atoms with Crippen molar-refractivity contribution in [3.63, 3.8) is 0 Å². The highest BCUT2D eigenvalue weighted by Gasteiger charge is 2.12. The number of nitrogens with zero attached hydrogens (tertiary/aromatic N) is 1. The Bertz CT molecular complexity index is 638. The van der Waals surface area contributed by atoms with Crippen LogP contribution in [0.3, 0.4) is 0 Å². The molecule has 0 atom stereocenters. The first-order valence-electron chi connectivity index (χ1n) is 6.03. The summed E-state index contributed by atoms with van der Waals surface area (Å²) in [6.45, 7) is 1.97. The van der Waals surface area contributed by atoms with Crippen LogP contribution in [0.1, 0.15) is 12.5 Å². The van der Waals surface area contributed by atoms with Gasteiger partial charge in [-0.25, -0.2) is 4.79 Å². The van der Waals surface area contributed by atoms with Gasteiger partial charge in [-0.1, -0.05) is 42.5 Å². The molecular formula is C16H13NO2. The normalized spacial score (nSPS) is 11.1. The summed E-state index contributed by atoms with van der Waals surface area (Å²) in [4.78, 5) is 11.6. The van der Waals surface area contributed by atoms with Crippen molar-refractivity contribution < 1.29 is 9.53 Å². The molecule has 19 heavy (non-hydrogen) atoms. The Hall–Kier alpha value is -2.60. The van der Waals surface area contributed by atoms with Crippen molar-refractivity contribution in [2.45, 2.75) is 6.92 Å². The predicted molar refractivity (Wildman–Crippen MR) is 73.3 cm³/mol. The Morgan fingerprint density at radius 1 is 1.26 bits per heavy atom. The van der Waals surface area contributed by atoms with E-state index in [9.17, 15) is 4.79 Å². The second-order valence-corrected chi connectivity index (χ2v) is 3.96. The fourth-order valence-electron chi connectivity index (χ4n) is 1.87. The lowest BCUT2D eigenvalue weighted by molar-refractivity contribution is -0.137. The zero-order valence-electron chi connectivity index (χ0n) is 10.6. The van der Waals surface area contributed by atoms with Crippen LogP contribution in [0.25, 0.3) is 17.2 Å². The number of hydrogen-bond acceptors (Lipinski definition) is 3. The monoisotopic (exact) mass is 251 g/mol. The summed E-state index contributed by atoms with van der Waals surface area (Å²) in [5.74, 6) is -0.584. The molecule has 3 nitrogen and oxygen atoms in total. The van der Waals surface area contributed by atoms with E-state index in [0.29, 0.717) is 0 Å². The molecular weight excluding hydrogens is 238 g/mol. The molecule has 0 spiro atoms. The molecule has 0 saturated carbocycles. The first-order valence-corrected chi connectivity index (χ1v) is 6.03. The maximum absolute atomic E-state index is 11.6. The molecule has 2 aliphatic carbocycles. The second kappa shape index (κ2) is 5.83. The molecule has 2 aliphatic rings. The fraction of sp³-hybridized carbons (Fsp3) is 0.125. The van der Waals surface area contributed by atoms with Gasteiger partial charge in [-0.2, -0.15) is 5.26 Å². The smallest absolute Gasteiger partial charge is 0.348 e. The molecule has 0 heterocycles. The summed E-state index contributed by atoms with van der Waals surface area (Å²) < 4.78 is 4.84. The van der Waals surface area contributed by atoms with Gasteiger partial charge in [-0.3, -0.25) is 0 Å². The molecule has 0 unspecified atom stereocenters. The minimum absolute atomic E-state index is 0.0147. The summed E-state index contributed by atoms with van der Waals surface area (Å²) in [6.07, 6.45) is 1.57. The average molecular weight is 251 g/mol.